The number of ether oxygens (including phenoxy) is 1. The molecule has 0 radical (unpaired) electrons. The summed E-state index contributed by atoms with van der Waals surface area (Å²) < 4.78 is 20.3. The Balaban J connectivity index is 2.16. The molecule has 0 amide bonds. The number of alkyl halides is 1. The van der Waals surface area contributed by atoms with Crippen molar-refractivity contribution in [1.82, 2.24) is 9.38 Å². The summed E-state index contributed by atoms with van der Waals surface area (Å²) >= 11 is 3.42. The Kier molecular flexibility index (Phi) is 2.91. The van der Waals surface area contributed by atoms with Crippen molar-refractivity contribution in [3.8, 4) is 5.75 Å². The predicted octanol–water partition coefficient (Wildman–Crippen LogP) is 3.60. The third kappa shape index (κ3) is 1.95. The molecule has 0 saturated carbocycles. The van der Waals surface area contributed by atoms with Gasteiger partial charge in [-0.05, 0) is 24.3 Å². The van der Waals surface area contributed by atoms with E-state index in [9.17, 15) is 4.39 Å². The van der Waals surface area contributed by atoms with Gasteiger partial charge < -0.3 is 4.74 Å². The molecule has 92 valence electrons. The van der Waals surface area contributed by atoms with Crippen molar-refractivity contribution in [3.05, 3.63) is 41.0 Å². The second-order valence-electron chi connectivity index (χ2n) is 3.87. The van der Waals surface area contributed by atoms with Gasteiger partial charge in [0.15, 0.2) is 0 Å². The van der Waals surface area contributed by atoms with Gasteiger partial charge in [0, 0.05) is 16.7 Å². The number of fused-ring (bicyclic) bond motifs is 3. The molecular formula is C13H10BrFN2O. The van der Waals surface area contributed by atoms with Crippen molar-refractivity contribution in [2.45, 2.75) is 0 Å². The largest absolute Gasteiger partial charge is 0.491 e. The average molecular weight is 309 g/mol. The lowest BCUT2D eigenvalue weighted by Crippen LogP contribution is -1.98. The smallest absolute Gasteiger partial charge is 0.139 e. The number of rotatable bonds is 3. The molecule has 0 atom stereocenters. The number of benzene rings is 1. The van der Waals surface area contributed by atoms with Gasteiger partial charge in [-0.15, -0.1) is 0 Å². The monoisotopic (exact) mass is 308 g/mol. The van der Waals surface area contributed by atoms with Crippen LogP contribution in [0.4, 0.5) is 4.39 Å². The third-order valence-corrected chi connectivity index (χ3v) is 3.18. The first kappa shape index (κ1) is 11.5. The maximum absolute atomic E-state index is 12.1. The number of halogens is 2. The average Bonchev–Trinajstić information content (AvgIpc) is 2.72. The van der Waals surface area contributed by atoms with E-state index in [0.717, 1.165) is 21.2 Å². The van der Waals surface area contributed by atoms with Crippen molar-refractivity contribution < 1.29 is 9.13 Å². The molecule has 0 spiro atoms. The number of hydrogen-bond donors (Lipinski definition) is 0. The van der Waals surface area contributed by atoms with E-state index in [4.69, 9.17) is 4.74 Å². The zero-order chi connectivity index (χ0) is 12.5. The fourth-order valence-corrected chi connectivity index (χ4v) is 2.24. The van der Waals surface area contributed by atoms with Gasteiger partial charge in [-0.3, -0.25) is 4.40 Å². The Morgan fingerprint density at radius 3 is 3.00 bits per heavy atom. The van der Waals surface area contributed by atoms with Crippen LogP contribution in [-0.4, -0.2) is 22.7 Å². The number of nitrogens with zero attached hydrogens (tertiary/aromatic N) is 2. The molecule has 1 aromatic carbocycles. The SMILES string of the molecule is FCCOc1ccc2nc3cc(Br)ccn3c2c1. The number of pyridine rings is 1. The van der Waals surface area contributed by atoms with E-state index < -0.39 is 6.67 Å². The van der Waals surface area contributed by atoms with E-state index in [1.54, 1.807) is 6.07 Å². The van der Waals surface area contributed by atoms with Crippen LogP contribution < -0.4 is 4.74 Å². The van der Waals surface area contributed by atoms with Gasteiger partial charge in [-0.1, -0.05) is 15.9 Å². The summed E-state index contributed by atoms with van der Waals surface area (Å²) in [6, 6.07) is 9.45. The molecule has 0 unspecified atom stereocenters. The molecule has 0 saturated heterocycles. The summed E-state index contributed by atoms with van der Waals surface area (Å²) in [6.45, 7) is -0.411. The van der Waals surface area contributed by atoms with Crippen LogP contribution in [0.25, 0.3) is 16.7 Å². The van der Waals surface area contributed by atoms with E-state index in [0.29, 0.717) is 5.75 Å². The van der Waals surface area contributed by atoms with Crippen LogP contribution in [0.3, 0.4) is 0 Å². The Morgan fingerprint density at radius 1 is 1.28 bits per heavy atom. The Labute approximate surface area is 111 Å². The standard InChI is InChI=1S/C13H10BrFN2O/c14-9-3-5-17-12-8-10(18-6-4-15)1-2-11(12)16-13(17)7-9/h1-3,5,7-8H,4,6H2. The lowest BCUT2D eigenvalue weighted by atomic mass is 10.3. The molecule has 0 bridgehead atoms. The molecule has 3 aromatic rings. The predicted molar refractivity (Wildman–Crippen MR) is 71.9 cm³/mol. The molecule has 2 aromatic heterocycles. The lowest BCUT2D eigenvalue weighted by Gasteiger charge is -2.03. The van der Waals surface area contributed by atoms with E-state index in [1.807, 2.05) is 34.9 Å². The van der Waals surface area contributed by atoms with E-state index in [-0.39, 0.29) is 6.61 Å². The van der Waals surface area contributed by atoms with Gasteiger partial charge >= 0.3 is 0 Å². The molecule has 3 rings (SSSR count). The summed E-state index contributed by atoms with van der Waals surface area (Å²) in [5.41, 5.74) is 2.71. The summed E-state index contributed by atoms with van der Waals surface area (Å²) in [5.74, 6) is 0.657. The fourth-order valence-electron chi connectivity index (χ4n) is 1.91. The van der Waals surface area contributed by atoms with Gasteiger partial charge in [-0.25, -0.2) is 9.37 Å². The maximum Gasteiger partial charge on any atom is 0.139 e. The highest BCUT2D eigenvalue weighted by atomic mass is 79.9. The quantitative estimate of drug-likeness (QED) is 0.739. The van der Waals surface area contributed by atoms with Crippen molar-refractivity contribution in [2.75, 3.05) is 13.3 Å². The van der Waals surface area contributed by atoms with Crippen LogP contribution in [0.15, 0.2) is 41.0 Å². The number of imidazole rings is 1. The molecule has 18 heavy (non-hydrogen) atoms. The van der Waals surface area contributed by atoms with Crippen molar-refractivity contribution in [1.29, 1.82) is 0 Å². The Morgan fingerprint density at radius 2 is 2.17 bits per heavy atom. The molecular weight excluding hydrogens is 299 g/mol. The minimum atomic E-state index is -0.488. The minimum Gasteiger partial charge on any atom is -0.491 e. The third-order valence-electron chi connectivity index (χ3n) is 2.68. The van der Waals surface area contributed by atoms with E-state index in [2.05, 4.69) is 20.9 Å². The highest BCUT2D eigenvalue weighted by Crippen LogP contribution is 2.23. The molecule has 0 N–H and O–H groups in total. The van der Waals surface area contributed by atoms with Crippen LogP contribution in [-0.2, 0) is 0 Å². The first-order valence-electron chi connectivity index (χ1n) is 5.54. The minimum absolute atomic E-state index is 0.0772. The lowest BCUT2D eigenvalue weighted by molar-refractivity contribution is 0.273. The maximum atomic E-state index is 12.1. The highest BCUT2D eigenvalue weighted by Gasteiger charge is 2.06. The zero-order valence-electron chi connectivity index (χ0n) is 9.44. The number of aromatic nitrogens is 2. The van der Waals surface area contributed by atoms with Crippen LogP contribution in [0.2, 0.25) is 0 Å². The van der Waals surface area contributed by atoms with E-state index in [1.165, 1.54) is 0 Å². The first-order chi connectivity index (χ1) is 8.78. The Bertz CT molecular complexity index is 711. The van der Waals surface area contributed by atoms with Crippen LogP contribution in [0.1, 0.15) is 0 Å². The summed E-state index contributed by atoms with van der Waals surface area (Å²) in [5, 5.41) is 0. The van der Waals surface area contributed by atoms with Crippen LogP contribution in [0, 0.1) is 0 Å². The Hall–Kier alpha value is -1.62. The first-order valence-corrected chi connectivity index (χ1v) is 6.33. The van der Waals surface area contributed by atoms with E-state index >= 15 is 0 Å². The van der Waals surface area contributed by atoms with Crippen LogP contribution >= 0.6 is 15.9 Å². The van der Waals surface area contributed by atoms with Crippen molar-refractivity contribution in [3.63, 3.8) is 0 Å². The van der Waals surface area contributed by atoms with Gasteiger partial charge in [0.2, 0.25) is 0 Å². The van der Waals surface area contributed by atoms with Gasteiger partial charge in [-0.2, -0.15) is 0 Å². The number of hydrogen-bond acceptors (Lipinski definition) is 2. The normalized spacial score (nSPS) is 11.2. The second kappa shape index (κ2) is 4.57. The molecule has 3 nitrogen and oxygen atoms in total. The topological polar surface area (TPSA) is 26.5 Å². The molecule has 0 aliphatic carbocycles. The highest BCUT2D eigenvalue weighted by molar-refractivity contribution is 9.10. The van der Waals surface area contributed by atoms with Gasteiger partial charge in [0.05, 0.1) is 11.0 Å². The molecule has 2 heterocycles. The zero-order valence-corrected chi connectivity index (χ0v) is 11.0. The molecule has 0 fully saturated rings. The summed E-state index contributed by atoms with van der Waals surface area (Å²) in [4.78, 5) is 4.50. The van der Waals surface area contributed by atoms with Crippen LogP contribution in [0.5, 0.6) is 5.75 Å². The fraction of sp³-hybridized carbons (Fsp3) is 0.154. The van der Waals surface area contributed by atoms with Crippen molar-refractivity contribution in [2.24, 2.45) is 0 Å². The molecule has 0 aliphatic rings. The summed E-state index contributed by atoms with van der Waals surface area (Å²) in [6.07, 6.45) is 1.94. The van der Waals surface area contributed by atoms with Gasteiger partial charge in [0.1, 0.15) is 24.7 Å². The molecule has 0 aliphatic heterocycles. The summed E-state index contributed by atoms with van der Waals surface area (Å²) in [7, 11) is 0. The van der Waals surface area contributed by atoms with Crippen molar-refractivity contribution >= 4 is 32.6 Å². The molecule has 5 heteroatoms. The second-order valence-corrected chi connectivity index (χ2v) is 4.79. The van der Waals surface area contributed by atoms with Gasteiger partial charge in [0.25, 0.3) is 0 Å².